The van der Waals surface area contributed by atoms with Crippen LogP contribution in [0.1, 0.15) is 0 Å². The number of hydrogen-bond donors (Lipinski definition) is 2. The molecular formula is C11H8N4S. The topological polar surface area (TPSA) is 57.4 Å². The molecule has 0 saturated carbocycles. The first-order valence-corrected chi connectivity index (χ1v) is 5.22. The maximum Gasteiger partial charge on any atom is 0.213 e. The highest BCUT2D eigenvalue weighted by molar-refractivity contribution is 7.71. The average Bonchev–Trinajstić information content (AvgIpc) is 2.75. The van der Waals surface area contributed by atoms with E-state index >= 15 is 0 Å². The van der Waals surface area contributed by atoms with Gasteiger partial charge in [-0.2, -0.15) is 4.98 Å². The third-order valence-corrected chi connectivity index (χ3v) is 2.61. The summed E-state index contributed by atoms with van der Waals surface area (Å²) in [5, 5.41) is 7.96. The van der Waals surface area contributed by atoms with E-state index in [9.17, 15) is 0 Å². The number of rotatable bonds is 1. The van der Waals surface area contributed by atoms with Crippen molar-refractivity contribution in [2.45, 2.75) is 0 Å². The first-order chi connectivity index (χ1) is 7.83. The molecule has 0 aliphatic rings. The second-order valence-corrected chi connectivity index (χ2v) is 3.84. The Kier molecular flexibility index (Phi) is 2.04. The molecule has 0 radical (unpaired) electrons. The fourth-order valence-corrected chi connectivity index (χ4v) is 1.78. The van der Waals surface area contributed by atoms with E-state index in [2.05, 4.69) is 26.2 Å². The summed E-state index contributed by atoms with van der Waals surface area (Å²) < 4.78 is 0.463. The van der Waals surface area contributed by atoms with E-state index in [1.54, 1.807) is 6.20 Å². The highest BCUT2D eigenvalue weighted by Crippen LogP contribution is 2.20. The van der Waals surface area contributed by atoms with Gasteiger partial charge in [-0.15, -0.1) is 0 Å². The summed E-state index contributed by atoms with van der Waals surface area (Å²) in [6, 6.07) is 8.03. The van der Waals surface area contributed by atoms with Crippen molar-refractivity contribution >= 4 is 23.0 Å². The first kappa shape index (κ1) is 9.23. The number of pyridine rings is 1. The van der Waals surface area contributed by atoms with Gasteiger partial charge in [0.05, 0.1) is 0 Å². The van der Waals surface area contributed by atoms with Crippen LogP contribution in [0.25, 0.3) is 22.2 Å². The minimum atomic E-state index is 0.463. The Balaban J connectivity index is 2.22. The van der Waals surface area contributed by atoms with Crippen LogP contribution < -0.4 is 0 Å². The summed E-state index contributed by atoms with van der Waals surface area (Å²) in [4.78, 5) is 8.25. The number of aromatic nitrogens is 4. The zero-order valence-corrected chi connectivity index (χ0v) is 9.08. The zero-order valence-electron chi connectivity index (χ0n) is 8.27. The van der Waals surface area contributed by atoms with E-state index in [4.69, 9.17) is 12.2 Å². The Labute approximate surface area is 96.4 Å². The second-order valence-electron chi connectivity index (χ2n) is 3.45. The van der Waals surface area contributed by atoms with E-state index in [1.807, 2.05) is 24.4 Å². The monoisotopic (exact) mass is 228 g/mol. The van der Waals surface area contributed by atoms with E-state index in [-0.39, 0.29) is 0 Å². The highest BCUT2D eigenvalue weighted by atomic mass is 32.1. The fourth-order valence-electron chi connectivity index (χ4n) is 1.64. The number of hydrogen-bond acceptors (Lipinski definition) is 3. The maximum absolute atomic E-state index is 4.92. The third kappa shape index (κ3) is 1.51. The predicted molar refractivity (Wildman–Crippen MR) is 64.5 cm³/mol. The van der Waals surface area contributed by atoms with Gasteiger partial charge in [-0.05, 0) is 29.7 Å². The largest absolute Gasteiger partial charge is 0.282 e. The van der Waals surface area contributed by atoms with Crippen molar-refractivity contribution in [2.24, 2.45) is 0 Å². The fraction of sp³-hybridized carbons (Fsp3) is 0. The van der Waals surface area contributed by atoms with Gasteiger partial charge in [0.1, 0.15) is 0 Å². The standard InChI is InChI=1S/C11H8N4S/c16-11-13-10(14-15-11)8-1-2-9-6-12-4-3-7(9)5-8/h1-6H,(H2,13,14,15,16). The van der Waals surface area contributed by atoms with Crippen molar-refractivity contribution in [1.29, 1.82) is 0 Å². The molecule has 0 saturated heterocycles. The van der Waals surface area contributed by atoms with Crippen LogP contribution in [0.4, 0.5) is 0 Å². The van der Waals surface area contributed by atoms with Gasteiger partial charge in [-0.25, -0.2) is 0 Å². The summed E-state index contributed by atoms with van der Waals surface area (Å²) in [6.07, 6.45) is 3.62. The molecule has 0 aliphatic heterocycles. The van der Waals surface area contributed by atoms with Crippen LogP contribution in [0.15, 0.2) is 36.7 Å². The molecule has 78 valence electrons. The third-order valence-electron chi connectivity index (χ3n) is 2.42. The molecule has 0 unspecified atom stereocenters. The van der Waals surface area contributed by atoms with Gasteiger partial charge in [-0.1, -0.05) is 12.1 Å². The van der Waals surface area contributed by atoms with E-state index in [0.29, 0.717) is 4.77 Å². The molecule has 2 aromatic heterocycles. The van der Waals surface area contributed by atoms with Crippen LogP contribution in [0, 0.1) is 4.77 Å². The number of benzene rings is 1. The smallest absolute Gasteiger partial charge is 0.213 e. The molecular weight excluding hydrogens is 220 g/mol. The highest BCUT2D eigenvalue weighted by Gasteiger charge is 2.01. The Morgan fingerprint density at radius 2 is 2.00 bits per heavy atom. The van der Waals surface area contributed by atoms with Gasteiger partial charge >= 0.3 is 0 Å². The Bertz CT molecular complexity index is 698. The first-order valence-electron chi connectivity index (χ1n) is 4.82. The van der Waals surface area contributed by atoms with Crippen molar-refractivity contribution in [1.82, 2.24) is 20.2 Å². The molecule has 0 bridgehead atoms. The van der Waals surface area contributed by atoms with Crippen molar-refractivity contribution in [2.75, 3.05) is 0 Å². The Morgan fingerprint density at radius 3 is 2.81 bits per heavy atom. The van der Waals surface area contributed by atoms with Crippen LogP contribution >= 0.6 is 12.2 Å². The number of aromatic amines is 2. The number of nitrogens with one attached hydrogen (secondary N) is 2. The molecule has 0 amide bonds. The molecule has 4 nitrogen and oxygen atoms in total. The second kappa shape index (κ2) is 3.53. The van der Waals surface area contributed by atoms with Gasteiger partial charge in [0, 0.05) is 23.3 Å². The molecule has 1 aromatic carbocycles. The molecule has 2 heterocycles. The lowest BCUT2D eigenvalue weighted by atomic mass is 10.1. The van der Waals surface area contributed by atoms with Gasteiger partial charge in [0.2, 0.25) is 4.77 Å². The van der Waals surface area contributed by atoms with Gasteiger partial charge in [0.15, 0.2) is 5.82 Å². The minimum absolute atomic E-state index is 0.463. The van der Waals surface area contributed by atoms with Gasteiger partial charge in [-0.3, -0.25) is 15.2 Å². The summed E-state index contributed by atoms with van der Waals surface area (Å²) in [6.45, 7) is 0. The summed E-state index contributed by atoms with van der Waals surface area (Å²) >= 11 is 4.92. The lowest BCUT2D eigenvalue weighted by Gasteiger charge is -1.99. The van der Waals surface area contributed by atoms with Crippen molar-refractivity contribution in [3.05, 3.63) is 41.4 Å². The van der Waals surface area contributed by atoms with Crippen molar-refractivity contribution in [3.8, 4) is 11.4 Å². The van der Waals surface area contributed by atoms with Crippen LogP contribution in [-0.2, 0) is 0 Å². The molecule has 0 spiro atoms. The van der Waals surface area contributed by atoms with E-state index in [1.165, 1.54) is 0 Å². The molecule has 3 aromatic rings. The summed E-state index contributed by atoms with van der Waals surface area (Å²) in [7, 11) is 0. The maximum atomic E-state index is 4.92. The molecule has 3 rings (SSSR count). The predicted octanol–water partition coefficient (Wildman–Crippen LogP) is 2.68. The Hall–Kier alpha value is -2.01. The minimum Gasteiger partial charge on any atom is -0.282 e. The lowest BCUT2D eigenvalue weighted by Crippen LogP contribution is -1.82. The molecule has 2 N–H and O–H groups in total. The molecule has 0 atom stereocenters. The molecule has 5 heteroatoms. The number of H-pyrrole nitrogens is 2. The summed E-state index contributed by atoms with van der Waals surface area (Å²) in [5.74, 6) is 0.753. The van der Waals surface area contributed by atoms with Crippen LogP contribution in [0.3, 0.4) is 0 Å². The molecule has 0 aliphatic carbocycles. The normalized spacial score (nSPS) is 10.8. The van der Waals surface area contributed by atoms with Crippen LogP contribution in [0.5, 0.6) is 0 Å². The quantitative estimate of drug-likeness (QED) is 0.629. The zero-order chi connectivity index (χ0) is 11.0. The Morgan fingerprint density at radius 1 is 1.06 bits per heavy atom. The molecule has 16 heavy (non-hydrogen) atoms. The number of nitrogens with zero attached hydrogens (tertiary/aromatic N) is 2. The lowest BCUT2D eigenvalue weighted by molar-refractivity contribution is 1.08. The van der Waals surface area contributed by atoms with Crippen LogP contribution in [-0.4, -0.2) is 20.2 Å². The van der Waals surface area contributed by atoms with Crippen molar-refractivity contribution in [3.63, 3.8) is 0 Å². The number of fused-ring (bicyclic) bond motifs is 1. The van der Waals surface area contributed by atoms with Gasteiger partial charge in [0.25, 0.3) is 0 Å². The molecule has 0 fully saturated rings. The van der Waals surface area contributed by atoms with Gasteiger partial charge < -0.3 is 0 Å². The SMILES string of the molecule is S=c1nc(-c2ccc3cnccc3c2)[nH][nH]1. The summed E-state index contributed by atoms with van der Waals surface area (Å²) in [5.41, 5.74) is 1.01. The van der Waals surface area contributed by atoms with E-state index < -0.39 is 0 Å². The van der Waals surface area contributed by atoms with Crippen molar-refractivity contribution < 1.29 is 0 Å². The average molecular weight is 228 g/mol. The van der Waals surface area contributed by atoms with Crippen LogP contribution in [0.2, 0.25) is 0 Å². The van der Waals surface area contributed by atoms with E-state index in [0.717, 1.165) is 22.2 Å².